The lowest BCUT2D eigenvalue weighted by molar-refractivity contribution is 0.600. The highest BCUT2D eigenvalue weighted by Gasteiger charge is 2.19. The van der Waals surface area contributed by atoms with Crippen LogP contribution in [0.3, 0.4) is 0 Å². The van der Waals surface area contributed by atoms with Crippen molar-refractivity contribution in [3.8, 4) is 0 Å². The Labute approximate surface area is 126 Å². The van der Waals surface area contributed by atoms with Gasteiger partial charge in [0.25, 0.3) is 15.6 Å². The molecule has 0 aliphatic heterocycles. The van der Waals surface area contributed by atoms with Crippen LogP contribution in [0.15, 0.2) is 40.0 Å². The van der Waals surface area contributed by atoms with Gasteiger partial charge in [-0.2, -0.15) is 5.10 Å². The molecule has 0 bridgehead atoms. The van der Waals surface area contributed by atoms with Crippen LogP contribution in [-0.4, -0.2) is 25.7 Å². The molecule has 0 saturated carbocycles. The molecule has 0 aliphatic carbocycles. The molecule has 0 atom stereocenters. The monoisotopic (exact) mass is 328 g/mol. The summed E-state index contributed by atoms with van der Waals surface area (Å²) >= 11 is 5.95. The molecule has 0 spiro atoms. The normalized spacial score (nSPS) is 11.3. The van der Waals surface area contributed by atoms with Gasteiger partial charge in [0.15, 0.2) is 5.82 Å². The molecular formula is C12H13ClN4O3S. The van der Waals surface area contributed by atoms with Crippen molar-refractivity contribution in [3.63, 3.8) is 0 Å². The highest BCUT2D eigenvalue weighted by Crippen LogP contribution is 2.24. The summed E-state index contributed by atoms with van der Waals surface area (Å²) in [6.07, 6.45) is 0. The first kappa shape index (κ1) is 15.5. The molecule has 1 heterocycles. The van der Waals surface area contributed by atoms with Gasteiger partial charge in [-0.15, -0.1) is 0 Å². The molecule has 21 heavy (non-hydrogen) atoms. The van der Waals surface area contributed by atoms with Crippen LogP contribution in [0.1, 0.15) is 5.56 Å². The Morgan fingerprint density at radius 1 is 1.29 bits per heavy atom. The van der Waals surface area contributed by atoms with Crippen molar-refractivity contribution in [1.29, 1.82) is 0 Å². The molecule has 9 heteroatoms. The summed E-state index contributed by atoms with van der Waals surface area (Å²) in [6, 6.07) is 7.16. The SMILES string of the molecule is CNCc1ccc(Cl)c(S(=O)(=O)Nc2ccc(=O)[nH]n2)c1. The van der Waals surface area contributed by atoms with Crippen LogP contribution in [0, 0.1) is 0 Å². The number of rotatable bonds is 5. The average Bonchev–Trinajstić information content (AvgIpc) is 2.43. The lowest BCUT2D eigenvalue weighted by Gasteiger charge is -2.10. The fraction of sp³-hybridized carbons (Fsp3) is 0.167. The first-order valence-corrected chi connectivity index (χ1v) is 7.80. The second-order valence-electron chi connectivity index (χ2n) is 4.21. The number of halogens is 1. The Balaban J connectivity index is 2.36. The molecule has 0 aliphatic rings. The van der Waals surface area contributed by atoms with Gasteiger partial charge in [-0.05, 0) is 30.8 Å². The van der Waals surface area contributed by atoms with E-state index in [2.05, 4.69) is 20.2 Å². The Morgan fingerprint density at radius 2 is 2.05 bits per heavy atom. The fourth-order valence-corrected chi connectivity index (χ4v) is 3.21. The zero-order valence-corrected chi connectivity index (χ0v) is 12.6. The molecule has 112 valence electrons. The smallest absolute Gasteiger partial charge is 0.264 e. The first-order chi connectivity index (χ1) is 9.92. The van der Waals surface area contributed by atoms with Crippen molar-refractivity contribution in [2.75, 3.05) is 11.8 Å². The van der Waals surface area contributed by atoms with Crippen LogP contribution in [-0.2, 0) is 16.6 Å². The Hall–Kier alpha value is -1.90. The largest absolute Gasteiger partial charge is 0.316 e. The number of nitrogens with zero attached hydrogens (tertiary/aromatic N) is 1. The van der Waals surface area contributed by atoms with E-state index in [-0.39, 0.29) is 15.7 Å². The average molecular weight is 329 g/mol. The molecule has 0 saturated heterocycles. The van der Waals surface area contributed by atoms with E-state index in [4.69, 9.17) is 11.6 Å². The number of H-pyrrole nitrogens is 1. The van der Waals surface area contributed by atoms with Crippen molar-refractivity contribution in [1.82, 2.24) is 15.5 Å². The summed E-state index contributed by atoms with van der Waals surface area (Å²) in [4.78, 5) is 10.9. The Bertz CT molecular complexity index is 784. The molecule has 3 N–H and O–H groups in total. The van der Waals surface area contributed by atoms with E-state index in [0.29, 0.717) is 6.54 Å². The van der Waals surface area contributed by atoms with Gasteiger partial charge in [-0.3, -0.25) is 9.52 Å². The summed E-state index contributed by atoms with van der Waals surface area (Å²) < 4.78 is 26.9. The number of anilines is 1. The summed E-state index contributed by atoms with van der Waals surface area (Å²) in [6.45, 7) is 0.511. The topological polar surface area (TPSA) is 104 Å². The summed E-state index contributed by atoms with van der Waals surface area (Å²) in [5.41, 5.74) is 0.351. The van der Waals surface area contributed by atoms with Gasteiger partial charge >= 0.3 is 0 Å². The van der Waals surface area contributed by atoms with E-state index in [1.165, 1.54) is 24.3 Å². The van der Waals surface area contributed by atoms with Crippen molar-refractivity contribution in [2.24, 2.45) is 0 Å². The number of benzene rings is 1. The molecule has 0 unspecified atom stereocenters. The number of sulfonamides is 1. The van der Waals surface area contributed by atoms with E-state index in [1.807, 2.05) is 0 Å². The summed E-state index contributed by atoms with van der Waals surface area (Å²) in [5, 5.41) is 8.77. The van der Waals surface area contributed by atoms with Crippen LogP contribution < -0.4 is 15.6 Å². The molecule has 0 amide bonds. The van der Waals surface area contributed by atoms with Crippen LogP contribution >= 0.6 is 11.6 Å². The van der Waals surface area contributed by atoms with E-state index < -0.39 is 15.6 Å². The molecule has 1 aromatic carbocycles. The quantitative estimate of drug-likeness (QED) is 0.758. The van der Waals surface area contributed by atoms with Crippen molar-refractivity contribution >= 4 is 27.4 Å². The van der Waals surface area contributed by atoms with E-state index >= 15 is 0 Å². The number of hydrogen-bond acceptors (Lipinski definition) is 5. The van der Waals surface area contributed by atoms with Crippen molar-refractivity contribution in [3.05, 3.63) is 51.3 Å². The number of aromatic amines is 1. The van der Waals surface area contributed by atoms with E-state index in [1.54, 1.807) is 13.1 Å². The van der Waals surface area contributed by atoms with Crippen LogP contribution in [0.4, 0.5) is 5.82 Å². The molecule has 2 rings (SSSR count). The maximum Gasteiger partial charge on any atom is 0.264 e. The maximum absolute atomic E-state index is 12.3. The zero-order chi connectivity index (χ0) is 15.5. The fourth-order valence-electron chi connectivity index (χ4n) is 1.66. The third kappa shape index (κ3) is 3.81. The van der Waals surface area contributed by atoms with Crippen LogP contribution in [0.5, 0.6) is 0 Å². The highest BCUT2D eigenvalue weighted by atomic mass is 35.5. The van der Waals surface area contributed by atoms with Crippen molar-refractivity contribution in [2.45, 2.75) is 11.4 Å². The van der Waals surface area contributed by atoms with Gasteiger partial charge in [-0.25, -0.2) is 13.5 Å². The maximum atomic E-state index is 12.3. The number of aromatic nitrogens is 2. The number of hydrogen-bond donors (Lipinski definition) is 3. The zero-order valence-electron chi connectivity index (χ0n) is 11.1. The standard InChI is InChI=1S/C12H13ClN4O3S/c1-14-7-8-2-3-9(13)10(6-8)21(19,20)17-11-4-5-12(18)16-15-11/h2-6,14H,7H2,1H3,(H,15,17)(H,16,18). The third-order valence-electron chi connectivity index (χ3n) is 2.58. The van der Waals surface area contributed by atoms with Gasteiger partial charge < -0.3 is 5.32 Å². The van der Waals surface area contributed by atoms with Gasteiger partial charge in [0.2, 0.25) is 0 Å². The molecule has 2 aromatic rings. The minimum Gasteiger partial charge on any atom is -0.316 e. The predicted octanol–water partition coefficient (Wildman–Crippen LogP) is 0.944. The van der Waals surface area contributed by atoms with E-state index in [9.17, 15) is 13.2 Å². The van der Waals surface area contributed by atoms with Crippen LogP contribution in [0.2, 0.25) is 5.02 Å². The second kappa shape index (κ2) is 6.25. The van der Waals surface area contributed by atoms with Gasteiger partial charge in [-0.1, -0.05) is 17.7 Å². The second-order valence-corrected chi connectivity index (χ2v) is 6.27. The molecule has 0 radical (unpaired) electrons. The summed E-state index contributed by atoms with van der Waals surface area (Å²) in [5.74, 6) is 0.00434. The molecule has 7 nitrogen and oxygen atoms in total. The van der Waals surface area contributed by atoms with Crippen molar-refractivity contribution < 1.29 is 8.42 Å². The lowest BCUT2D eigenvalue weighted by Crippen LogP contribution is -2.17. The van der Waals surface area contributed by atoms with Gasteiger partial charge in [0, 0.05) is 12.6 Å². The minimum atomic E-state index is -3.89. The first-order valence-electron chi connectivity index (χ1n) is 5.94. The van der Waals surface area contributed by atoms with E-state index in [0.717, 1.165) is 5.56 Å². The molecule has 1 aromatic heterocycles. The summed E-state index contributed by atoms with van der Waals surface area (Å²) in [7, 11) is -2.14. The molecule has 0 fully saturated rings. The van der Waals surface area contributed by atoms with Crippen LogP contribution in [0.25, 0.3) is 0 Å². The Kier molecular flexibility index (Phi) is 4.61. The lowest BCUT2D eigenvalue weighted by atomic mass is 10.2. The minimum absolute atomic E-state index is 0.00434. The number of nitrogens with one attached hydrogen (secondary N) is 3. The van der Waals surface area contributed by atoms with Gasteiger partial charge in [0.1, 0.15) is 4.90 Å². The molecular weight excluding hydrogens is 316 g/mol. The van der Waals surface area contributed by atoms with Gasteiger partial charge in [0.05, 0.1) is 5.02 Å². The predicted molar refractivity (Wildman–Crippen MR) is 79.9 cm³/mol. The third-order valence-corrected chi connectivity index (χ3v) is 4.42. The highest BCUT2D eigenvalue weighted by molar-refractivity contribution is 7.92. The Morgan fingerprint density at radius 3 is 2.67 bits per heavy atom.